The first-order valence-electron chi connectivity index (χ1n) is 8.51. The van der Waals surface area contributed by atoms with Crippen LogP contribution in [0, 0.1) is 17.2 Å². The summed E-state index contributed by atoms with van der Waals surface area (Å²) < 4.78 is 7.68. The molecule has 1 aliphatic heterocycles. The topological polar surface area (TPSA) is 67.0 Å². The molecule has 2 heterocycles. The minimum absolute atomic E-state index is 0.653. The minimum atomic E-state index is 0.653. The molecule has 1 saturated heterocycles. The summed E-state index contributed by atoms with van der Waals surface area (Å²) in [5, 5.41) is 13.0. The van der Waals surface area contributed by atoms with Gasteiger partial charge in [0.15, 0.2) is 0 Å². The normalized spacial score (nSPS) is 18.2. The van der Waals surface area contributed by atoms with Crippen molar-refractivity contribution in [2.75, 3.05) is 26.2 Å². The zero-order valence-electron chi connectivity index (χ0n) is 13.8. The average molecular weight is 325 g/mol. The lowest BCUT2D eigenvalue weighted by atomic mass is 9.98. The second kappa shape index (κ2) is 8.46. The Kier molecular flexibility index (Phi) is 5.80. The number of ether oxygens (including phenoxy) is 1. The summed E-state index contributed by atoms with van der Waals surface area (Å²) in [7, 11) is 0. The zero-order chi connectivity index (χ0) is 16.6. The number of nitrogens with zero attached hydrogens (tertiary/aromatic N) is 5. The lowest BCUT2D eigenvalue weighted by Gasteiger charge is -2.32. The van der Waals surface area contributed by atoms with E-state index in [0.717, 1.165) is 31.8 Å². The number of aromatic nitrogens is 3. The molecule has 0 bridgehead atoms. The Morgan fingerprint density at radius 2 is 2.17 bits per heavy atom. The maximum absolute atomic E-state index is 8.78. The molecule has 1 aliphatic rings. The molecular formula is C18H23N5O. The van der Waals surface area contributed by atoms with Crippen molar-refractivity contribution in [1.29, 1.82) is 5.26 Å². The summed E-state index contributed by atoms with van der Waals surface area (Å²) in [6.07, 6.45) is 6.91. The van der Waals surface area contributed by atoms with Gasteiger partial charge in [0.2, 0.25) is 0 Å². The maximum atomic E-state index is 8.78. The summed E-state index contributed by atoms with van der Waals surface area (Å²) in [6, 6.07) is 9.39. The van der Waals surface area contributed by atoms with Crippen molar-refractivity contribution in [2.24, 2.45) is 5.92 Å². The molecule has 1 atom stereocenters. The standard InChI is InChI=1S/C18H23N5O/c19-11-16-4-6-18(7-5-16)24-10-2-9-22-8-1-3-17(12-22)13-23-15-20-14-21-23/h4-7,14-15,17H,1-3,8-10,12-13H2/t17-/m0/s1. The van der Waals surface area contributed by atoms with Crippen LogP contribution >= 0.6 is 0 Å². The van der Waals surface area contributed by atoms with Crippen molar-refractivity contribution in [2.45, 2.75) is 25.8 Å². The fourth-order valence-electron chi connectivity index (χ4n) is 3.20. The molecule has 0 aliphatic carbocycles. The van der Waals surface area contributed by atoms with Gasteiger partial charge < -0.3 is 9.64 Å². The average Bonchev–Trinajstić information content (AvgIpc) is 3.13. The Bertz CT molecular complexity index is 647. The van der Waals surface area contributed by atoms with Crippen LogP contribution in [0.25, 0.3) is 0 Å². The second-order valence-corrected chi connectivity index (χ2v) is 6.26. The number of likely N-dealkylation sites (tertiary alicyclic amines) is 1. The van der Waals surface area contributed by atoms with Crippen molar-refractivity contribution in [3.63, 3.8) is 0 Å². The molecule has 1 fully saturated rings. The third-order valence-electron chi connectivity index (χ3n) is 4.39. The lowest BCUT2D eigenvalue weighted by molar-refractivity contribution is 0.150. The van der Waals surface area contributed by atoms with Gasteiger partial charge in [-0.15, -0.1) is 0 Å². The van der Waals surface area contributed by atoms with Crippen LogP contribution in [0.3, 0.4) is 0 Å². The van der Waals surface area contributed by atoms with Crippen LogP contribution in [0.15, 0.2) is 36.9 Å². The van der Waals surface area contributed by atoms with Crippen LogP contribution in [-0.4, -0.2) is 45.9 Å². The molecule has 24 heavy (non-hydrogen) atoms. The van der Waals surface area contributed by atoms with E-state index in [-0.39, 0.29) is 0 Å². The fraction of sp³-hybridized carbons (Fsp3) is 0.500. The van der Waals surface area contributed by atoms with E-state index in [9.17, 15) is 0 Å². The molecule has 1 aromatic heterocycles. The predicted molar refractivity (Wildman–Crippen MR) is 90.5 cm³/mol. The first-order valence-corrected chi connectivity index (χ1v) is 8.51. The summed E-state index contributed by atoms with van der Waals surface area (Å²) in [4.78, 5) is 6.53. The van der Waals surface area contributed by atoms with Crippen LogP contribution in [0.5, 0.6) is 5.75 Å². The van der Waals surface area contributed by atoms with Crippen molar-refractivity contribution in [3.8, 4) is 11.8 Å². The maximum Gasteiger partial charge on any atom is 0.137 e. The number of rotatable bonds is 7. The Morgan fingerprint density at radius 1 is 1.29 bits per heavy atom. The van der Waals surface area contributed by atoms with Crippen molar-refractivity contribution in [3.05, 3.63) is 42.5 Å². The van der Waals surface area contributed by atoms with E-state index >= 15 is 0 Å². The number of benzene rings is 1. The highest BCUT2D eigenvalue weighted by Crippen LogP contribution is 2.18. The summed E-state index contributed by atoms with van der Waals surface area (Å²) >= 11 is 0. The second-order valence-electron chi connectivity index (χ2n) is 6.26. The highest BCUT2D eigenvalue weighted by molar-refractivity contribution is 5.34. The van der Waals surface area contributed by atoms with Gasteiger partial charge in [-0.1, -0.05) is 0 Å². The van der Waals surface area contributed by atoms with Crippen LogP contribution in [-0.2, 0) is 6.54 Å². The molecule has 0 unspecified atom stereocenters. The smallest absolute Gasteiger partial charge is 0.137 e. The molecule has 0 N–H and O–H groups in total. The van der Waals surface area contributed by atoms with Gasteiger partial charge in [-0.05, 0) is 56.0 Å². The van der Waals surface area contributed by atoms with Gasteiger partial charge in [-0.2, -0.15) is 10.4 Å². The van der Waals surface area contributed by atoms with Gasteiger partial charge in [-0.25, -0.2) is 4.98 Å². The van der Waals surface area contributed by atoms with Gasteiger partial charge >= 0.3 is 0 Å². The van der Waals surface area contributed by atoms with E-state index in [1.54, 1.807) is 24.8 Å². The molecule has 6 heteroatoms. The summed E-state index contributed by atoms with van der Waals surface area (Å²) in [6.45, 7) is 5.01. The van der Waals surface area contributed by atoms with Crippen molar-refractivity contribution < 1.29 is 4.74 Å². The van der Waals surface area contributed by atoms with E-state index in [1.807, 2.05) is 16.8 Å². The molecule has 0 radical (unpaired) electrons. The Labute approximate surface area is 142 Å². The van der Waals surface area contributed by atoms with Crippen LogP contribution in [0.2, 0.25) is 0 Å². The molecule has 2 aromatic rings. The zero-order valence-corrected chi connectivity index (χ0v) is 13.8. The predicted octanol–water partition coefficient (Wildman–Crippen LogP) is 2.33. The highest BCUT2D eigenvalue weighted by atomic mass is 16.5. The molecule has 126 valence electrons. The van der Waals surface area contributed by atoms with E-state index in [2.05, 4.69) is 21.1 Å². The molecule has 3 rings (SSSR count). The molecule has 6 nitrogen and oxygen atoms in total. The monoisotopic (exact) mass is 325 g/mol. The lowest BCUT2D eigenvalue weighted by Crippen LogP contribution is -2.38. The third kappa shape index (κ3) is 4.80. The molecule has 0 saturated carbocycles. The van der Waals surface area contributed by atoms with E-state index < -0.39 is 0 Å². The van der Waals surface area contributed by atoms with Gasteiger partial charge in [-0.3, -0.25) is 4.68 Å². The Morgan fingerprint density at radius 3 is 2.92 bits per heavy atom. The van der Waals surface area contributed by atoms with Gasteiger partial charge in [0.1, 0.15) is 18.4 Å². The van der Waals surface area contributed by atoms with E-state index in [1.165, 1.54) is 19.4 Å². The van der Waals surface area contributed by atoms with Gasteiger partial charge in [0, 0.05) is 19.6 Å². The van der Waals surface area contributed by atoms with Crippen LogP contribution in [0.4, 0.5) is 0 Å². The molecule has 1 aromatic carbocycles. The first kappa shape index (κ1) is 16.5. The van der Waals surface area contributed by atoms with Crippen molar-refractivity contribution in [1.82, 2.24) is 19.7 Å². The van der Waals surface area contributed by atoms with Crippen molar-refractivity contribution >= 4 is 0 Å². The highest BCUT2D eigenvalue weighted by Gasteiger charge is 2.20. The quantitative estimate of drug-likeness (QED) is 0.731. The first-order chi connectivity index (χ1) is 11.8. The minimum Gasteiger partial charge on any atom is -0.494 e. The number of hydrogen-bond acceptors (Lipinski definition) is 5. The van der Waals surface area contributed by atoms with Gasteiger partial charge in [0.05, 0.1) is 18.2 Å². The molecule has 0 amide bonds. The molecular weight excluding hydrogens is 302 g/mol. The largest absolute Gasteiger partial charge is 0.494 e. The molecule has 0 spiro atoms. The van der Waals surface area contributed by atoms with Gasteiger partial charge in [0.25, 0.3) is 0 Å². The summed E-state index contributed by atoms with van der Waals surface area (Å²) in [5.41, 5.74) is 0.661. The number of hydrogen-bond donors (Lipinski definition) is 0. The van der Waals surface area contributed by atoms with E-state index in [0.29, 0.717) is 18.1 Å². The SMILES string of the molecule is N#Cc1ccc(OCCCN2CCC[C@H](Cn3cncn3)C2)cc1. The number of nitriles is 1. The van der Waals surface area contributed by atoms with Crippen LogP contribution < -0.4 is 4.74 Å². The Balaban J connectivity index is 1.36. The van der Waals surface area contributed by atoms with E-state index in [4.69, 9.17) is 10.00 Å². The summed E-state index contributed by atoms with van der Waals surface area (Å²) in [5.74, 6) is 1.48. The third-order valence-corrected chi connectivity index (χ3v) is 4.39. The Hall–Kier alpha value is -2.39. The fourth-order valence-corrected chi connectivity index (χ4v) is 3.20. The number of piperidine rings is 1. The van der Waals surface area contributed by atoms with Crippen LogP contribution in [0.1, 0.15) is 24.8 Å².